The lowest BCUT2D eigenvalue weighted by molar-refractivity contribution is 0.161. The highest BCUT2D eigenvalue weighted by molar-refractivity contribution is 7.13. The summed E-state index contributed by atoms with van der Waals surface area (Å²) in [7, 11) is 0. The van der Waals surface area contributed by atoms with Crippen molar-refractivity contribution in [2.75, 3.05) is 0 Å². The van der Waals surface area contributed by atoms with Gasteiger partial charge >= 0.3 is 0 Å². The van der Waals surface area contributed by atoms with Crippen LogP contribution in [0.15, 0.2) is 17.5 Å². The first-order chi connectivity index (χ1) is 7.18. The predicted octanol–water partition coefficient (Wildman–Crippen LogP) is 0.914. The zero-order valence-corrected chi connectivity index (χ0v) is 9.03. The molecule has 0 fully saturated rings. The molecule has 2 rings (SSSR count). The monoisotopic (exact) mass is 224 g/mol. The summed E-state index contributed by atoms with van der Waals surface area (Å²) >= 11 is 1.56. The Hall–Kier alpha value is -1.24. The second kappa shape index (κ2) is 4.09. The van der Waals surface area contributed by atoms with Gasteiger partial charge in [0.2, 0.25) is 0 Å². The topological polar surface area (TPSA) is 87.8 Å². The number of nitrogens with zero attached hydrogens (tertiary/aromatic N) is 2. The van der Waals surface area contributed by atoms with Gasteiger partial charge in [0.1, 0.15) is 5.82 Å². The molecule has 5 nitrogen and oxygen atoms in total. The summed E-state index contributed by atoms with van der Waals surface area (Å²) in [5.41, 5.74) is 5.72. The van der Waals surface area contributed by atoms with E-state index >= 15 is 0 Å². The molecule has 0 aliphatic heterocycles. The molecule has 4 N–H and O–H groups in total. The Bertz CT molecular complexity index is 423. The lowest BCUT2D eigenvalue weighted by atomic mass is 10.2. The Labute approximate surface area is 91.0 Å². The first kappa shape index (κ1) is 10.3. The molecule has 2 aromatic rings. The highest BCUT2D eigenvalue weighted by Gasteiger charge is 2.17. The molecule has 0 aromatic carbocycles. The number of thiophene rings is 1. The fourth-order valence-electron chi connectivity index (χ4n) is 1.17. The third kappa shape index (κ3) is 2.06. The molecule has 80 valence electrons. The van der Waals surface area contributed by atoms with Crippen molar-refractivity contribution in [2.24, 2.45) is 5.73 Å². The van der Waals surface area contributed by atoms with Crippen LogP contribution in [0.3, 0.4) is 0 Å². The second-order valence-electron chi connectivity index (χ2n) is 3.29. The van der Waals surface area contributed by atoms with Crippen molar-refractivity contribution in [3.63, 3.8) is 0 Å². The maximum atomic E-state index is 9.30. The van der Waals surface area contributed by atoms with Crippen LogP contribution < -0.4 is 5.73 Å². The van der Waals surface area contributed by atoms with Crippen molar-refractivity contribution >= 4 is 11.3 Å². The molecular weight excluding hydrogens is 212 g/mol. The number of rotatable bonds is 3. The smallest absolute Gasteiger partial charge is 0.191 e. The van der Waals surface area contributed by atoms with Crippen LogP contribution in [-0.4, -0.2) is 26.4 Å². The number of hydrogen-bond donors (Lipinski definition) is 3. The number of nitrogens with one attached hydrogen (secondary N) is 1. The van der Waals surface area contributed by atoms with Crippen LogP contribution in [-0.2, 0) is 0 Å². The van der Waals surface area contributed by atoms with E-state index < -0.39 is 12.1 Å². The summed E-state index contributed by atoms with van der Waals surface area (Å²) in [6, 6.07) is 3.35. The molecule has 15 heavy (non-hydrogen) atoms. The third-order valence-electron chi connectivity index (χ3n) is 2.08. The summed E-state index contributed by atoms with van der Waals surface area (Å²) in [6.07, 6.45) is -0.644. The van der Waals surface area contributed by atoms with Crippen molar-refractivity contribution in [1.29, 1.82) is 0 Å². The summed E-state index contributed by atoms with van der Waals surface area (Å²) < 4.78 is 0. The van der Waals surface area contributed by atoms with E-state index in [1.54, 1.807) is 18.3 Å². The molecule has 0 saturated heterocycles. The highest BCUT2D eigenvalue weighted by Crippen LogP contribution is 2.21. The fourth-order valence-corrected chi connectivity index (χ4v) is 1.83. The van der Waals surface area contributed by atoms with Crippen LogP contribution in [0.4, 0.5) is 0 Å². The van der Waals surface area contributed by atoms with Crippen molar-refractivity contribution in [3.05, 3.63) is 23.3 Å². The van der Waals surface area contributed by atoms with Crippen LogP contribution in [0, 0.1) is 0 Å². The Balaban J connectivity index is 2.25. The average Bonchev–Trinajstić information content (AvgIpc) is 2.86. The molecule has 0 bridgehead atoms. The number of aliphatic hydroxyl groups excluding tert-OH is 1. The lowest BCUT2D eigenvalue weighted by Gasteiger charge is -2.09. The van der Waals surface area contributed by atoms with Gasteiger partial charge in [-0.05, 0) is 18.4 Å². The Morgan fingerprint density at radius 1 is 1.60 bits per heavy atom. The van der Waals surface area contributed by atoms with Crippen LogP contribution in [0.25, 0.3) is 10.7 Å². The average molecular weight is 224 g/mol. The minimum atomic E-state index is -0.644. The van der Waals surface area contributed by atoms with Crippen LogP contribution in [0.2, 0.25) is 0 Å². The van der Waals surface area contributed by atoms with Gasteiger partial charge in [-0.3, -0.25) is 5.10 Å². The van der Waals surface area contributed by atoms with E-state index in [0.717, 1.165) is 4.88 Å². The largest absolute Gasteiger partial charge is 0.391 e. The molecular formula is C9H12N4OS. The van der Waals surface area contributed by atoms with E-state index in [-0.39, 0.29) is 0 Å². The minimum Gasteiger partial charge on any atom is -0.391 e. The molecule has 2 heterocycles. The van der Waals surface area contributed by atoms with Gasteiger partial charge in [-0.2, -0.15) is 5.10 Å². The summed E-state index contributed by atoms with van der Waals surface area (Å²) in [4.78, 5) is 5.21. The van der Waals surface area contributed by atoms with E-state index in [2.05, 4.69) is 15.2 Å². The quantitative estimate of drug-likeness (QED) is 0.723. The van der Waals surface area contributed by atoms with Gasteiger partial charge in [0, 0.05) is 0 Å². The minimum absolute atomic E-state index is 0.508. The molecule has 0 amide bonds. The maximum absolute atomic E-state index is 9.30. The second-order valence-corrected chi connectivity index (χ2v) is 4.24. The summed E-state index contributed by atoms with van der Waals surface area (Å²) in [6.45, 7) is 1.62. The van der Waals surface area contributed by atoms with Gasteiger partial charge in [-0.25, -0.2) is 4.98 Å². The predicted molar refractivity (Wildman–Crippen MR) is 58.3 cm³/mol. The number of aliphatic hydroxyl groups is 1. The molecule has 6 heteroatoms. The van der Waals surface area contributed by atoms with Crippen LogP contribution in [0.5, 0.6) is 0 Å². The summed E-state index contributed by atoms with van der Waals surface area (Å²) in [5, 5.41) is 18.0. The van der Waals surface area contributed by atoms with Gasteiger partial charge < -0.3 is 10.8 Å². The number of nitrogens with two attached hydrogens (primary N) is 1. The van der Waals surface area contributed by atoms with Gasteiger partial charge in [-0.15, -0.1) is 11.3 Å². The molecule has 0 radical (unpaired) electrons. The molecule has 0 aliphatic carbocycles. The Morgan fingerprint density at radius 3 is 3.00 bits per heavy atom. The van der Waals surface area contributed by atoms with Gasteiger partial charge in [0.25, 0.3) is 0 Å². The standard InChI is InChI=1S/C9H12N4OS/c1-5(14)7(10)9-11-8(12-13-9)6-3-2-4-15-6/h2-5,7,14H,10H2,1H3,(H,11,12,13)/t5-,7+/m1/s1. The van der Waals surface area contributed by atoms with Crippen LogP contribution in [0.1, 0.15) is 18.8 Å². The molecule has 0 unspecified atom stereocenters. The molecule has 0 saturated carbocycles. The van der Waals surface area contributed by atoms with Crippen molar-refractivity contribution in [2.45, 2.75) is 19.1 Å². The van der Waals surface area contributed by atoms with Gasteiger partial charge in [0.05, 0.1) is 17.0 Å². The van der Waals surface area contributed by atoms with E-state index in [1.807, 2.05) is 17.5 Å². The van der Waals surface area contributed by atoms with Crippen LogP contribution >= 0.6 is 11.3 Å². The Kier molecular flexibility index (Phi) is 2.81. The maximum Gasteiger partial charge on any atom is 0.191 e. The zero-order valence-electron chi connectivity index (χ0n) is 8.21. The normalized spacial score (nSPS) is 15.1. The third-order valence-corrected chi connectivity index (χ3v) is 2.95. The summed E-state index contributed by atoms with van der Waals surface area (Å²) in [5.74, 6) is 1.13. The number of aromatic nitrogens is 3. The van der Waals surface area contributed by atoms with Crippen molar-refractivity contribution < 1.29 is 5.11 Å². The number of H-pyrrole nitrogens is 1. The lowest BCUT2D eigenvalue weighted by Crippen LogP contribution is -2.24. The SMILES string of the molecule is C[C@@H](O)[C@H](N)c1nc(-c2cccs2)n[nH]1. The van der Waals surface area contributed by atoms with E-state index in [0.29, 0.717) is 11.6 Å². The molecule has 2 aromatic heterocycles. The fraction of sp³-hybridized carbons (Fsp3) is 0.333. The van der Waals surface area contributed by atoms with E-state index in [1.165, 1.54) is 0 Å². The first-order valence-electron chi connectivity index (χ1n) is 4.58. The highest BCUT2D eigenvalue weighted by atomic mass is 32.1. The van der Waals surface area contributed by atoms with Crippen molar-refractivity contribution in [1.82, 2.24) is 15.2 Å². The molecule has 0 spiro atoms. The zero-order chi connectivity index (χ0) is 10.8. The first-order valence-corrected chi connectivity index (χ1v) is 5.46. The molecule has 0 aliphatic rings. The van der Waals surface area contributed by atoms with Gasteiger partial charge in [-0.1, -0.05) is 6.07 Å². The molecule has 2 atom stereocenters. The van der Waals surface area contributed by atoms with E-state index in [4.69, 9.17) is 5.73 Å². The van der Waals surface area contributed by atoms with E-state index in [9.17, 15) is 5.11 Å². The number of aromatic amines is 1. The number of hydrogen-bond acceptors (Lipinski definition) is 5. The van der Waals surface area contributed by atoms with Gasteiger partial charge in [0.15, 0.2) is 5.82 Å². The van der Waals surface area contributed by atoms with Crippen molar-refractivity contribution in [3.8, 4) is 10.7 Å². The Morgan fingerprint density at radius 2 is 2.40 bits per heavy atom.